The third-order valence-electron chi connectivity index (χ3n) is 15.2. The van der Waals surface area contributed by atoms with Crippen molar-refractivity contribution < 1.29 is 57.9 Å². The van der Waals surface area contributed by atoms with Crippen molar-refractivity contribution in [3.8, 4) is 0 Å². The fourth-order valence-corrected chi connectivity index (χ4v) is 10.7. The number of carbonyl (C=O) groups is 5. The van der Waals surface area contributed by atoms with Crippen LogP contribution in [-0.2, 0) is 47.7 Å². The zero-order chi connectivity index (χ0) is 50.6. The van der Waals surface area contributed by atoms with Crippen molar-refractivity contribution in [2.75, 3.05) is 27.9 Å². The molecule has 0 aromatic carbocycles. The lowest BCUT2D eigenvalue weighted by Crippen LogP contribution is -2.61. The van der Waals surface area contributed by atoms with Crippen molar-refractivity contribution in [1.29, 1.82) is 0 Å². The van der Waals surface area contributed by atoms with Gasteiger partial charge >= 0.3 is 5.97 Å². The quantitative estimate of drug-likeness (QED) is 0.181. The number of tetrazole rings is 1. The molecule has 15 unspecified atom stereocenters. The van der Waals surface area contributed by atoms with Gasteiger partial charge in [-0.2, -0.15) is 0 Å². The number of carbonyl (C=O) groups excluding carboxylic acids is 5. The van der Waals surface area contributed by atoms with Crippen LogP contribution in [0.25, 0.3) is 0 Å². The van der Waals surface area contributed by atoms with Gasteiger partial charge in [-0.15, -0.1) is 5.10 Å². The minimum Gasteiger partial charge on any atom is -0.460 e. The van der Waals surface area contributed by atoms with Crippen LogP contribution in [0.2, 0.25) is 0 Å². The smallest absolute Gasteiger partial charge is 0.329 e. The average Bonchev–Trinajstić information content (AvgIpc) is 3.88. The van der Waals surface area contributed by atoms with E-state index in [9.17, 15) is 34.2 Å². The molecule has 1 aliphatic carbocycles. The first kappa shape index (κ1) is 55.7. The van der Waals surface area contributed by atoms with E-state index in [1.807, 2.05) is 58.1 Å². The molecule has 69 heavy (non-hydrogen) atoms. The van der Waals surface area contributed by atoms with Gasteiger partial charge in [-0.3, -0.25) is 19.2 Å². The number of rotatable bonds is 7. The molecule has 1 saturated carbocycles. The van der Waals surface area contributed by atoms with E-state index in [0.717, 1.165) is 18.4 Å². The van der Waals surface area contributed by atoms with Gasteiger partial charge in [-0.05, 0) is 117 Å². The fourth-order valence-electron chi connectivity index (χ4n) is 10.7. The molecular formula is C52H79N5O12. The highest BCUT2D eigenvalue weighted by atomic mass is 16.6. The van der Waals surface area contributed by atoms with Gasteiger partial charge in [0.1, 0.15) is 36.5 Å². The molecule has 17 heteroatoms. The lowest BCUT2D eigenvalue weighted by Gasteiger charge is -2.42. The van der Waals surface area contributed by atoms with Gasteiger partial charge in [0.2, 0.25) is 5.79 Å². The molecule has 2 bridgehead atoms. The number of aliphatic hydroxyl groups excluding tert-OH is 1. The minimum absolute atomic E-state index is 0.0170. The van der Waals surface area contributed by atoms with E-state index in [-0.39, 0.29) is 60.9 Å². The number of amides is 1. The Hall–Kier alpha value is -4.26. The van der Waals surface area contributed by atoms with E-state index in [1.165, 1.54) is 12.0 Å². The number of esters is 1. The van der Waals surface area contributed by atoms with Crippen LogP contribution in [0.15, 0.2) is 53.9 Å². The van der Waals surface area contributed by atoms with E-state index in [0.29, 0.717) is 56.9 Å². The van der Waals surface area contributed by atoms with Crippen molar-refractivity contribution >= 4 is 29.2 Å². The predicted molar refractivity (Wildman–Crippen MR) is 256 cm³/mol. The largest absolute Gasteiger partial charge is 0.460 e. The summed E-state index contributed by atoms with van der Waals surface area (Å²) in [6.07, 6.45) is 13.9. The molecule has 4 heterocycles. The minimum atomic E-state index is -2.43. The number of hydrogen-bond acceptors (Lipinski definition) is 15. The van der Waals surface area contributed by atoms with Gasteiger partial charge in [0.15, 0.2) is 5.78 Å². The van der Waals surface area contributed by atoms with Crippen LogP contribution in [0.5, 0.6) is 0 Å². The molecule has 0 radical (unpaired) electrons. The maximum atomic E-state index is 14.5. The number of Topliss-reactive ketones (excluding diaryl/α,β-unsaturated/α-hetero) is 3. The first-order valence-electron chi connectivity index (χ1n) is 25.0. The number of aliphatic hydroxyl groups is 2. The van der Waals surface area contributed by atoms with E-state index < -0.39 is 77.8 Å². The summed E-state index contributed by atoms with van der Waals surface area (Å²) in [6.45, 7) is 12.8. The van der Waals surface area contributed by atoms with Gasteiger partial charge in [0, 0.05) is 58.5 Å². The van der Waals surface area contributed by atoms with E-state index in [1.54, 1.807) is 52.1 Å². The molecule has 3 fully saturated rings. The van der Waals surface area contributed by atoms with Crippen LogP contribution >= 0.6 is 0 Å². The molecule has 2 N–H and O–H groups in total. The summed E-state index contributed by atoms with van der Waals surface area (Å²) < 4.78 is 31.6. The molecule has 1 amide bonds. The van der Waals surface area contributed by atoms with E-state index >= 15 is 0 Å². The lowest BCUT2D eigenvalue weighted by atomic mass is 9.77. The summed E-state index contributed by atoms with van der Waals surface area (Å²) >= 11 is 0. The van der Waals surface area contributed by atoms with Crippen LogP contribution in [0.4, 0.5) is 0 Å². The SMILES string of the molecule is COC1CC2CCC(C)C(O)(O2)C(=O)C(=O)N2CCCCC2C(=O)OC(C(C)CC2CCC(n3cnnn3)C(OC)C2)CC(=O)C(C)/C=C(\C)C(O)C(OC)C(=O)C(C)CC(C)/C=C/C=C/C=C\1C. The predicted octanol–water partition coefficient (Wildman–Crippen LogP) is 6.05. The van der Waals surface area contributed by atoms with Crippen molar-refractivity contribution in [2.45, 2.75) is 180 Å². The standard InChI is InChI=1S/C52H79N5O12/c1-31-16-12-11-13-17-32(2)43(65-8)28-39-21-19-37(7)52(64,69-39)49(61)50(62)56-23-15-14-18-41(56)51(63)68-44(34(4)26-38-20-22-40(45(27-38)66-9)57-30-53-54-55-57)29-42(58)33(3)25-36(6)47(60)48(67-10)46(59)35(5)24-31/h11-13,16-17,25,30-31,33-35,37-41,43-45,47-48,60,64H,14-15,18-24,26-29H2,1-10H3/b13-11+,16-12+,32-17-,36-25+. The zero-order valence-electron chi connectivity index (χ0n) is 42.5. The highest BCUT2D eigenvalue weighted by Gasteiger charge is 2.53. The summed E-state index contributed by atoms with van der Waals surface area (Å²) in [7, 11) is 4.62. The molecular weight excluding hydrogens is 887 g/mol. The van der Waals surface area contributed by atoms with Crippen molar-refractivity contribution in [2.24, 2.45) is 35.5 Å². The third kappa shape index (κ3) is 14.2. The number of allylic oxidation sites excluding steroid dienone is 6. The molecule has 1 aromatic rings. The molecule has 5 rings (SSSR count). The molecule has 2 saturated heterocycles. The summed E-state index contributed by atoms with van der Waals surface area (Å²) in [5.74, 6) is -7.92. The molecule has 15 atom stereocenters. The summed E-state index contributed by atoms with van der Waals surface area (Å²) in [5, 5.41) is 35.2. The Morgan fingerprint density at radius 2 is 1.64 bits per heavy atom. The molecule has 3 aliphatic heterocycles. The Labute approximate surface area is 408 Å². The molecule has 0 spiro atoms. The Morgan fingerprint density at radius 1 is 0.884 bits per heavy atom. The molecule has 384 valence electrons. The van der Waals surface area contributed by atoms with E-state index in [4.69, 9.17) is 23.7 Å². The Bertz CT molecular complexity index is 2020. The number of aromatic nitrogens is 4. The molecule has 17 nitrogen and oxygen atoms in total. The summed E-state index contributed by atoms with van der Waals surface area (Å²) in [5.41, 5.74) is 1.27. The zero-order valence-corrected chi connectivity index (χ0v) is 42.5. The maximum Gasteiger partial charge on any atom is 0.329 e. The monoisotopic (exact) mass is 966 g/mol. The molecule has 1 aromatic heterocycles. The number of fused-ring (bicyclic) bond motifs is 3. The number of ether oxygens (including phenoxy) is 5. The van der Waals surface area contributed by atoms with Gasteiger partial charge < -0.3 is 38.8 Å². The average molecular weight is 966 g/mol. The van der Waals surface area contributed by atoms with Gasteiger partial charge in [-0.25, -0.2) is 9.48 Å². The highest BCUT2D eigenvalue weighted by molar-refractivity contribution is 6.39. The van der Waals surface area contributed by atoms with Crippen LogP contribution in [0.3, 0.4) is 0 Å². The van der Waals surface area contributed by atoms with Crippen molar-refractivity contribution in [3.05, 3.63) is 53.9 Å². The lowest BCUT2D eigenvalue weighted by molar-refractivity contribution is -0.265. The number of methoxy groups -OCH3 is 3. The molecule has 4 aliphatic rings. The van der Waals surface area contributed by atoms with Gasteiger partial charge in [0.25, 0.3) is 11.7 Å². The Morgan fingerprint density at radius 3 is 2.32 bits per heavy atom. The second kappa shape index (κ2) is 25.7. The van der Waals surface area contributed by atoms with Crippen LogP contribution in [0, 0.1) is 35.5 Å². The third-order valence-corrected chi connectivity index (χ3v) is 15.2. The summed E-state index contributed by atoms with van der Waals surface area (Å²) in [4.78, 5) is 72.3. The second-order valence-electron chi connectivity index (χ2n) is 20.4. The summed E-state index contributed by atoms with van der Waals surface area (Å²) in [6, 6.07) is -1.19. The Balaban J connectivity index is 1.46. The number of ketones is 3. The van der Waals surface area contributed by atoms with Crippen molar-refractivity contribution in [1.82, 2.24) is 25.1 Å². The van der Waals surface area contributed by atoms with Crippen LogP contribution in [-0.4, -0.2) is 141 Å². The van der Waals surface area contributed by atoms with Crippen molar-refractivity contribution in [3.63, 3.8) is 0 Å². The normalized spacial score (nSPS) is 38.8. The fraction of sp³-hybridized carbons (Fsp3) is 0.731. The number of piperidine rings is 1. The van der Waals surface area contributed by atoms with Gasteiger partial charge in [-0.1, -0.05) is 71.1 Å². The number of cyclic esters (lactones) is 1. The number of hydrogen-bond donors (Lipinski definition) is 2. The maximum absolute atomic E-state index is 14.5. The highest BCUT2D eigenvalue weighted by Crippen LogP contribution is 2.39. The number of nitrogens with zero attached hydrogens (tertiary/aromatic N) is 5. The first-order valence-corrected chi connectivity index (χ1v) is 25.0. The van der Waals surface area contributed by atoms with Gasteiger partial charge in [0.05, 0.1) is 24.4 Å². The van der Waals surface area contributed by atoms with Crippen LogP contribution in [0.1, 0.15) is 132 Å². The van der Waals surface area contributed by atoms with Crippen LogP contribution < -0.4 is 0 Å². The first-order chi connectivity index (χ1) is 32.8. The second-order valence-corrected chi connectivity index (χ2v) is 20.4. The van der Waals surface area contributed by atoms with E-state index in [2.05, 4.69) is 15.5 Å². The topological polar surface area (TPSA) is 219 Å². The Kier molecular flexibility index (Phi) is 20.8.